The Bertz CT molecular complexity index is 1450. The molecule has 1 saturated heterocycles. The lowest BCUT2D eigenvalue weighted by Crippen LogP contribution is -2.30. The van der Waals surface area contributed by atoms with Crippen LogP contribution in [0.15, 0.2) is 60.8 Å². The molecule has 4 aromatic rings. The number of likely N-dealkylation sites (tertiary alicyclic amines) is 1. The van der Waals surface area contributed by atoms with Crippen molar-refractivity contribution in [2.45, 2.75) is 30.7 Å². The number of ether oxygens (including phenoxy) is 1. The zero-order valence-corrected chi connectivity index (χ0v) is 23.3. The number of hydrogen-bond acceptors (Lipinski definition) is 6. The molecular weight excluding hydrogens is 595 g/mol. The molecular formula is C28H29IN6O3. The van der Waals surface area contributed by atoms with Crippen LogP contribution in [0.4, 0.5) is 11.6 Å². The van der Waals surface area contributed by atoms with Gasteiger partial charge in [0.2, 0.25) is 11.9 Å². The number of halogens is 1. The number of aryl methyl sites for hydroxylation is 1. The molecule has 1 aliphatic rings. The van der Waals surface area contributed by atoms with Gasteiger partial charge in [0.1, 0.15) is 17.2 Å². The minimum Gasteiger partial charge on any atom is -0.457 e. The quantitative estimate of drug-likeness (QED) is 0.139. The van der Waals surface area contributed by atoms with Gasteiger partial charge in [-0.2, -0.15) is 0 Å². The number of hydrogen-bond donors (Lipinski definition) is 2. The van der Waals surface area contributed by atoms with Crippen LogP contribution in [0.1, 0.15) is 35.3 Å². The smallest absolute Gasteiger partial charge is 0.270 e. The molecule has 1 aliphatic heterocycles. The van der Waals surface area contributed by atoms with Crippen LogP contribution in [-0.2, 0) is 9.35 Å². The average molecular weight is 624 g/mol. The Hall–Kier alpha value is -3.67. The molecule has 0 unspecified atom stereocenters. The number of carbonyl (C=O) groups excluding carboxylic acids is 2. The summed E-state index contributed by atoms with van der Waals surface area (Å²) in [6, 6.07) is 17.3. The summed E-state index contributed by atoms with van der Waals surface area (Å²) in [5.74, 6) is 1.81. The Balaban J connectivity index is 1.23. The Kier molecular flexibility index (Phi) is 8.06. The highest BCUT2D eigenvalue weighted by Gasteiger charge is 2.19. The molecule has 2 aromatic carbocycles. The Labute approximate surface area is 234 Å². The van der Waals surface area contributed by atoms with E-state index in [9.17, 15) is 9.59 Å². The number of amides is 2. The van der Waals surface area contributed by atoms with Gasteiger partial charge in [-0.3, -0.25) is 14.6 Å². The number of aromatic nitrogens is 3. The molecule has 2 amide bonds. The van der Waals surface area contributed by atoms with Crippen molar-refractivity contribution in [3.05, 3.63) is 72.1 Å². The van der Waals surface area contributed by atoms with Gasteiger partial charge in [0, 0.05) is 50.1 Å². The standard InChI is InChI=1S/C28H29IN6O3/c1-19-5-7-20(8-6-19)32-28-33-23-16-21(9-10-25(23)35(28)18-29)38-22-11-13-30-24(17-22)27(37)31-12-3-15-34-14-2-4-26(34)36/h5-11,13,16-17H,2-4,12,14-15,18H2,1H3,(H,31,37)(H,32,33). The molecule has 0 bridgehead atoms. The summed E-state index contributed by atoms with van der Waals surface area (Å²) in [6.45, 7) is 4.00. The predicted octanol–water partition coefficient (Wildman–Crippen LogP) is 5.41. The van der Waals surface area contributed by atoms with E-state index in [0.29, 0.717) is 37.4 Å². The van der Waals surface area contributed by atoms with Crippen LogP contribution in [0.5, 0.6) is 11.5 Å². The lowest BCUT2D eigenvalue weighted by Gasteiger charge is -2.15. The van der Waals surface area contributed by atoms with E-state index < -0.39 is 0 Å². The largest absolute Gasteiger partial charge is 0.457 e. The third-order valence-electron chi connectivity index (χ3n) is 6.41. The Morgan fingerprint density at radius 1 is 1.11 bits per heavy atom. The number of alkyl halides is 1. The number of pyridine rings is 1. The molecule has 38 heavy (non-hydrogen) atoms. The highest BCUT2D eigenvalue weighted by molar-refractivity contribution is 14.1. The van der Waals surface area contributed by atoms with Gasteiger partial charge in [-0.25, -0.2) is 4.98 Å². The fraction of sp³-hybridized carbons (Fsp3) is 0.286. The summed E-state index contributed by atoms with van der Waals surface area (Å²) in [6.07, 6.45) is 3.81. The van der Waals surface area contributed by atoms with Gasteiger partial charge < -0.3 is 24.8 Å². The molecule has 9 nitrogen and oxygen atoms in total. The maximum atomic E-state index is 12.6. The van der Waals surface area contributed by atoms with E-state index in [1.807, 2.05) is 35.2 Å². The summed E-state index contributed by atoms with van der Waals surface area (Å²) in [4.78, 5) is 35.1. The zero-order valence-electron chi connectivity index (χ0n) is 21.1. The molecule has 0 radical (unpaired) electrons. The summed E-state index contributed by atoms with van der Waals surface area (Å²) < 4.78 is 8.90. The van der Waals surface area contributed by atoms with E-state index in [-0.39, 0.29) is 17.5 Å². The van der Waals surface area contributed by atoms with E-state index in [0.717, 1.165) is 40.2 Å². The van der Waals surface area contributed by atoms with Gasteiger partial charge in [0.05, 0.1) is 15.6 Å². The predicted molar refractivity (Wildman–Crippen MR) is 155 cm³/mol. The fourth-order valence-electron chi connectivity index (χ4n) is 4.39. The van der Waals surface area contributed by atoms with Crippen LogP contribution in [-0.4, -0.2) is 50.9 Å². The Morgan fingerprint density at radius 3 is 2.68 bits per heavy atom. The van der Waals surface area contributed by atoms with Crippen molar-refractivity contribution >= 4 is 57.1 Å². The summed E-state index contributed by atoms with van der Waals surface area (Å²) >= 11 is 2.32. The molecule has 0 spiro atoms. The topological polar surface area (TPSA) is 101 Å². The minimum atomic E-state index is -0.272. The number of anilines is 2. The van der Waals surface area contributed by atoms with Gasteiger partial charge in [-0.1, -0.05) is 40.3 Å². The zero-order chi connectivity index (χ0) is 26.5. The highest BCUT2D eigenvalue weighted by atomic mass is 127. The van der Waals surface area contributed by atoms with Crippen LogP contribution in [0.2, 0.25) is 0 Å². The second-order valence-electron chi connectivity index (χ2n) is 9.20. The van der Waals surface area contributed by atoms with Crippen LogP contribution in [0, 0.1) is 6.92 Å². The molecule has 0 saturated carbocycles. The SMILES string of the molecule is Cc1ccc(Nc2nc3cc(Oc4ccnc(C(=O)NCCCN5CCCC5=O)c4)ccc3n2CI)cc1. The third-order valence-corrected chi connectivity index (χ3v) is 7.09. The first-order chi connectivity index (χ1) is 18.5. The van der Waals surface area contributed by atoms with Crippen LogP contribution in [0.25, 0.3) is 11.0 Å². The fourth-order valence-corrected chi connectivity index (χ4v) is 5.08. The van der Waals surface area contributed by atoms with E-state index in [2.05, 4.69) is 61.8 Å². The molecule has 1 fully saturated rings. The second-order valence-corrected chi connectivity index (χ2v) is 9.88. The van der Waals surface area contributed by atoms with Gasteiger partial charge >= 0.3 is 0 Å². The molecule has 2 N–H and O–H groups in total. The average Bonchev–Trinajstić information content (AvgIpc) is 3.49. The number of fused-ring (bicyclic) bond motifs is 1. The molecule has 0 atom stereocenters. The van der Waals surface area contributed by atoms with Gasteiger partial charge in [0.15, 0.2) is 0 Å². The van der Waals surface area contributed by atoms with Crippen molar-refractivity contribution in [1.29, 1.82) is 0 Å². The highest BCUT2D eigenvalue weighted by Crippen LogP contribution is 2.29. The molecule has 5 rings (SSSR count). The van der Waals surface area contributed by atoms with Crippen LogP contribution >= 0.6 is 22.6 Å². The first-order valence-corrected chi connectivity index (χ1v) is 14.1. The van der Waals surface area contributed by atoms with Gasteiger partial charge in [-0.05, 0) is 50.1 Å². The number of carbonyl (C=O) groups is 2. The van der Waals surface area contributed by atoms with Gasteiger partial charge in [0.25, 0.3) is 5.91 Å². The summed E-state index contributed by atoms with van der Waals surface area (Å²) in [5, 5.41) is 6.28. The van der Waals surface area contributed by atoms with Crippen molar-refractivity contribution < 1.29 is 14.3 Å². The lowest BCUT2D eigenvalue weighted by molar-refractivity contribution is -0.127. The monoisotopic (exact) mass is 624 g/mol. The van der Waals surface area contributed by atoms with Crippen molar-refractivity contribution in [3.63, 3.8) is 0 Å². The minimum absolute atomic E-state index is 0.195. The molecule has 3 heterocycles. The number of benzene rings is 2. The van der Waals surface area contributed by atoms with Crippen LogP contribution in [0.3, 0.4) is 0 Å². The summed E-state index contributed by atoms with van der Waals surface area (Å²) in [5.41, 5.74) is 4.25. The summed E-state index contributed by atoms with van der Waals surface area (Å²) in [7, 11) is 0. The van der Waals surface area contributed by atoms with E-state index >= 15 is 0 Å². The van der Waals surface area contributed by atoms with E-state index in [1.165, 1.54) is 5.56 Å². The molecule has 2 aromatic heterocycles. The number of nitrogens with one attached hydrogen (secondary N) is 2. The molecule has 10 heteroatoms. The van der Waals surface area contributed by atoms with E-state index in [4.69, 9.17) is 9.72 Å². The van der Waals surface area contributed by atoms with Gasteiger partial charge in [-0.15, -0.1) is 0 Å². The van der Waals surface area contributed by atoms with Crippen LogP contribution < -0.4 is 15.4 Å². The number of imidazole rings is 1. The second kappa shape index (κ2) is 11.8. The molecule has 196 valence electrons. The molecule has 0 aliphatic carbocycles. The van der Waals surface area contributed by atoms with Crippen molar-refractivity contribution in [2.75, 3.05) is 25.0 Å². The maximum absolute atomic E-state index is 12.6. The Morgan fingerprint density at radius 2 is 1.92 bits per heavy atom. The van der Waals surface area contributed by atoms with Crippen molar-refractivity contribution in [2.24, 2.45) is 0 Å². The van der Waals surface area contributed by atoms with E-state index in [1.54, 1.807) is 18.3 Å². The maximum Gasteiger partial charge on any atom is 0.270 e. The number of rotatable bonds is 10. The first kappa shape index (κ1) is 26.0. The number of nitrogens with zero attached hydrogens (tertiary/aromatic N) is 4. The first-order valence-electron chi connectivity index (χ1n) is 12.6. The third kappa shape index (κ3) is 6.07. The van der Waals surface area contributed by atoms with Crippen molar-refractivity contribution in [1.82, 2.24) is 24.8 Å². The lowest BCUT2D eigenvalue weighted by atomic mass is 10.2. The normalized spacial score (nSPS) is 13.2. The van der Waals surface area contributed by atoms with Crippen molar-refractivity contribution in [3.8, 4) is 11.5 Å².